The first-order chi connectivity index (χ1) is 11.2. The van der Waals surface area contributed by atoms with Gasteiger partial charge in [0.15, 0.2) is 0 Å². The van der Waals surface area contributed by atoms with Gasteiger partial charge in [-0.1, -0.05) is 68.4 Å². The molecular formula is C20H23I3. The van der Waals surface area contributed by atoms with E-state index in [2.05, 4.69) is 104 Å². The van der Waals surface area contributed by atoms with Crippen molar-refractivity contribution in [1.29, 1.82) is 0 Å². The second-order valence-electron chi connectivity index (χ2n) is 3.89. The third kappa shape index (κ3) is 15.1. The monoisotopic (exact) mass is 644 g/mol. The van der Waals surface area contributed by atoms with Crippen molar-refractivity contribution in [1.82, 2.24) is 0 Å². The van der Waals surface area contributed by atoms with Gasteiger partial charge in [0.25, 0.3) is 0 Å². The van der Waals surface area contributed by atoms with Crippen LogP contribution in [0.1, 0.15) is 15.3 Å². The first-order valence-corrected chi connectivity index (χ1v) is 10.5. The predicted molar refractivity (Wildman–Crippen MR) is 131 cm³/mol. The summed E-state index contributed by atoms with van der Waals surface area (Å²) in [6.45, 7) is 4.00. The molecule has 0 saturated carbocycles. The van der Waals surface area contributed by atoms with Gasteiger partial charge in [0.05, 0.1) is 0 Å². The van der Waals surface area contributed by atoms with Crippen LogP contribution in [-0.2, 0) is 0 Å². The Labute approximate surface area is 183 Å². The van der Waals surface area contributed by atoms with Gasteiger partial charge >= 0.3 is 0 Å². The molecule has 0 atom stereocenters. The third-order valence-corrected chi connectivity index (χ3v) is 4.36. The Morgan fingerprint density at radius 3 is 0.696 bits per heavy atom. The Morgan fingerprint density at radius 2 is 0.609 bits per heavy atom. The van der Waals surface area contributed by atoms with Crippen LogP contribution < -0.4 is 0 Å². The van der Waals surface area contributed by atoms with E-state index in [-0.39, 0.29) is 1.43 Å². The van der Waals surface area contributed by atoms with E-state index in [0.29, 0.717) is 0 Å². The van der Waals surface area contributed by atoms with Crippen molar-refractivity contribution in [2.24, 2.45) is 0 Å². The zero-order chi connectivity index (χ0) is 17.3. The van der Waals surface area contributed by atoms with Crippen molar-refractivity contribution in [3.05, 3.63) is 102 Å². The highest BCUT2D eigenvalue weighted by Gasteiger charge is 1.75. The Hall–Kier alpha value is -0.150. The SMILES string of the molecule is CC.Ic1ccccc1.Ic1ccccc1.Ic1ccccc1.[HH]. The summed E-state index contributed by atoms with van der Waals surface area (Å²) in [5, 5.41) is 0. The van der Waals surface area contributed by atoms with Crippen LogP contribution in [0, 0.1) is 10.7 Å². The minimum absolute atomic E-state index is 0. The molecule has 0 amide bonds. The molecule has 0 aliphatic rings. The highest BCUT2D eigenvalue weighted by atomic mass is 127. The maximum Gasteiger partial charge on any atom is 0.0130 e. The van der Waals surface area contributed by atoms with E-state index in [1.165, 1.54) is 10.7 Å². The average Bonchev–Trinajstić information content (AvgIpc) is 2.60. The van der Waals surface area contributed by atoms with Crippen LogP contribution in [0.2, 0.25) is 0 Å². The van der Waals surface area contributed by atoms with E-state index >= 15 is 0 Å². The van der Waals surface area contributed by atoms with Crippen LogP contribution in [0.3, 0.4) is 0 Å². The standard InChI is InChI=1S/3C6H5I.C2H6.H2/c3*7-6-4-2-1-3-5-6;1-2;/h3*1-5H;1-2H3;1H. The van der Waals surface area contributed by atoms with Crippen molar-refractivity contribution < 1.29 is 1.43 Å². The normalized spacial score (nSPS) is 8.22. The Kier molecular flexibility index (Phi) is 16.6. The molecule has 0 aliphatic heterocycles. The number of hydrogen-bond donors (Lipinski definition) is 0. The van der Waals surface area contributed by atoms with Crippen molar-refractivity contribution in [2.45, 2.75) is 13.8 Å². The van der Waals surface area contributed by atoms with Crippen molar-refractivity contribution >= 4 is 67.8 Å². The van der Waals surface area contributed by atoms with Gasteiger partial charge < -0.3 is 0 Å². The summed E-state index contributed by atoms with van der Waals surface area (Å²) in [6.07, 6.45) is 0. The largest absolute Gasteiger partial charge is 0.0683 e. The lowest BCUT2D eigenvalue weighted by Gasteiger charge is -1.80. The maximum atomic E-state index is 2.28. The number of benzene rings is 3. The Bertz CT molecular complexity index is 498. The van der Waals surface area contributed by atoms with Gasteiger partial charge in [0.2, 0.25) is 0 Å². The summed E-state index contributed by atoms with van der Waals surface area (Å²) in [5.41, 5.74) is 0. The Morgan fingerprint density at radius 1 is 0.435 bits per heavy atom. The molecule has 0 aliphatic carbocycles. The lowest BCUT2D eigenvalue weighted by Crippen LogP contribution is -1.61. The number of rotatable bonds is 0. The summed E-state index contributed by atoms with van der Waals surface area (Å²) in [5.74, 6) is 0. The van der Waals surface area contributed by atoms with E-state index in [4.69, 9.17) is 0 Å². The molecule has 0 bridgehead atoms. The van der Waals surface area contributed by atoms with Crippen LogP contribution in [0.15, 0.2) is 91.0 Å². The summed E-state index contributed by atoms with van der Waals surface area (Å²) in [7, 11) is 0. The highest BCUT2D eigenvalue weighted by Crippen LogP contribution is 2.01. The van der Waals surface area contributed by atoms with Gasteiger partial charge in [0, 0.05) is 12.1 Å². The molecule has 0 N–H and O–H groups in total. The lowest BCUT2D eigenvalue weighted by atomic mass is 10.4. The predicted octanol–water partition coefficient (Wildman–Crippen LogP) is 8.15. The van der Waals surface area contributed by atoms with Gasteiger partial charge in [-0.05, 0) is 104 Å². The fraction of sp³-hybridized carbons (Fsp3) is 0.100. The van der Waals surface area contributed by atoms with E-state index in [1.54, 1.807) is 0 Å². The van der Waals surface area contributed by atoms with Crippen LogP contribution in [0.4, 0.5) is 0 Å². The molecular weight excluding hydrogens is 621 g/mol. The molecule has 0 spiro atoms. The molecule has 0 saturated heterocycles. The second-order valence-corrected chi connectivity index (χ2v) is 7.62. The zero-order valence-corrected chi connectivity index (χ0v) is 19.8. The van der Waals surface area contributed by atoms with E-state index in [9.17, 15) is 0 Å². The van der Waals surface area contributed by atoms with E-state index < -0.39 is 0 Å². The van der Waals surface area contributed by atoms with Crippen molar-refractivity contribution in [2.75, 3.05) is 0 Å². The summed E-state index contributed by atoms with van der Waals surface area (Å²) in [4.78, 5) is 0. The molecule has 0 heterocycles. The van der Waals surface area contributed by atoms with Gasteiger partial charge in [-0.2, -0.15) is 0 Å². The van der Waals surface area contributed by atoms with E-state index in [1.807, 2.05) is 68.4 Å². The molecule has 3 heteroatoms. The van der Waals surface area contributed by atoms with Crippen LogP contribution >= 0.6 is 67.8 Å². The third-order valence-electron chi connectivity index (χ3n) is 2.20. The van der Waals surface area contributed by atoms with Crippen molar-refractivity contribution in [3.63, 3.8) is 0 Å². The fourth-order valence-corrected chi connectivity index (χ4v) is 2.49. The molecule has 0 nitrogen and oxygen atoms in total. The number of hydrogen-bond acceptors (Lipinski definition) is 0. The van der Waals surface area contributed by atoms with E-state index in [0.717, 1.165) is 0 Å². The van der Waals surface area contributed by atoms with Gasteiger partial charge in [-0.15, -0.1) is 0 Å². The second kappa shape index (κ2) is 16.7. The number of halogens is 3. The van der Waals surface area contributed by atoms with Gasteiger partial charge in [0.1, 0.15) is 0 Å². The first-order valence-electron chi connectivity index (χ1n) is 7.30. The Balaban J connectivity index is 0. The minimum atomic E-state index is 0. The molecule has 23 heavy (non-hydrogen) atoms. The van der Waals surface area contributed by atoms with Crippen LogP contribution in [-0.4, -0.2) is 0 Å². The summed E-state index contributed by atoms with van der Waals surface area (Å²) in [6, 6.07) is 30.6. The first kappa shape index (κ1) is 22.9. The topological polar surface area (TPSA) is 0 Å². The molecule has 3 aromatic carbocycles. The summed E-state index contributed by atoms with van der Waals surface area (Å²) >= 11 is 6.84. The molecule has 3 rings (SSSR count). The lowest BCUT2D eigenvalue weighted by molar-refractivity contribution is 1.50. The van der Waals surface area contributed by atoms with Crippen LogP contribution in [0.25, 0.3) is 0 Å². The minimum Gasteiger partial charge on any atom is -0.0683 e. The average molecular weight is 644 g/mol. The quantitative estimate of drug-likeness (QED) is 0.217. The maximum absolute atomic E-state index is 2.28. The molecule has 3 aromatic rings. The molecule has 0 fully saturated rings. The fourth-order valence-electron chi connectivity index (χ4n) is 1.24. The van der Waals surface area contributed by atoms with Gasteiger partial charge in [-0.3, -0.25) is 0 Å². The van der Waals surface area contributed by atoms with Gasteiger partial charge in [-0.25, -0.2) is 0 Å². The van der Waals surface area contributed by atoms with Crippen molar-refractivity contribution in [3.8, 4) is 0 Å². The summed E-state index contributed by atoms with van der Waals surface area (Å²) < 4.78 is 3.88. The molecule has 0 radical (unpaired) electrons. The van der Waals surface area contributed by atoms with Crippen LogP contribution in [0.5, 0.6) is 0 Å². The molecule has 0 unspecified atom stereocenters. The zero-order valence-electron chi connectivity index (χ0n) is 13.3. The molecule has 124 valence electrons. The molecule has 0 aromatic heterocycles. The highest BCUT2D eigenvalue weighted by molar-refractivity contribution is 14.1. The smallest absolute Gasteiger partial charge is 0.0130 e.